The topological polar surface area (TPSA) is 48.3 Å². The van der Waals surface area contributed by atoms with E-state index in [-0.39, 0.29) is 11.1 Å². The van der Waals surface area contributed by atoms with E-state index in [1.807, 2.05) is 14.0 Å². The molecule has 0 fully saturated rings. The molecule has 1 aromatic rings. The van der Waals surface area contributed by atoms with Gasteiger partial charge in [0.1, 0.15) is 0 Å². The molecule has 134 valence electrons. The highest BCUT2D eigenvalue weighted by molar-refractivity contribution is 14.1. The lowest BCUT2D eigenvalue weighted by Gasteiger charge is -2.37. The normalized spacial score (nSPS) is 14.1. The zero-order chi connectivity index (χ0) is 17.8. The minimum absolute atomic E-state index is 0.176. The van der Waals surface area contributed by atoms with E-state index < -0.39 is 8.32 Å². The fraction of sp³-hybridized carbons (Fsp3) is 0.812. The van der Waals surface area contributed by atoms with Crippen LogP contribution in [0.2, 0.25) is 18.1 Å². The lowest BCUT2D eigenvalue weighted by molar-refractivity contribution is 0.224. The smallest absolute Gasteiger partial charge is 0.246 e. The number of aromatic nitrogens is 2. The SMILES string of the molecule is CCOc1nn([C@@H](C)CO[Si](C)(C)C(C)(C)C)c(CNC)c1I. The Morgan fingerprint density at radius 2 is 1.96 bits per heavy atom. The van der Waals surface area contributed by atoms with Gasteiger partial charge in [0, 0.05) is 6.54 Å². The summed E-state index contributed by atoms with van der Waals surface area (Å²) in [5, 5.41) is 8.10. The average Bonchev–Trinajstić information content (AvgIpc) is 2.74. The van der Waals surface area contributed by atoms with Crippen LogP contribution in [0, 0.1) is 3.57 Å². The molecule has 5 nitrogen and oxygen atoms in total. The molecule has 1 N–H and O–H groups in total. The molecule has 0 bridgehead atoms. The van der Waals surface area contributed by atoms with Gasteiger partial charge in [0.25, 0.3) is 0 Å². The number of nitrogens with one attached hydrogen (secondary N) is 1. The highest BCUT2D eigenvalue weighted by atomic mass is 127. The Bertz CT molecular complexity index is 512. The van der Waals surface area contributed by atoms with Crippen LogP contribution in [0.1, 0.15) is 46.4 Å². The van der Waals surface area contributed by atoms with Gasteiger partial charge in [-0.25, -0.2) is 0 Å². The Balaban J connectivity index is 2.94. The van der Waals surface area contributed by atoms with Crippen molar-refractivity contribution in [1.29, 1.82) is 0 Å². The van der Waals surface area contributed by atoms with Crippen molar-refractivity contribution in [1.82, 2.24) is 15.1 Å². The maximum absolute atomic E-state index is 6.37. The largest absolute Gasteiger partial charge is 0.476 e. The summed E-state index contributed by atoms with van der Waals surface area (Å²) in [4.78, 5) is 0. The molecular weight excluding hydrogens is 421 g/mol. The Labute approximate surface area is 155 Å². The highest BCUT2D eigenvalue weighted by Gasteiger charge is 2.37. The number of halogens is 1. The van der Waals surface area contributed by atoms with Gasteiger partial charge in [-0.05, 0) is 61.6 Å². The van der Waals surface area contributed by atoms with Gasteiger partial charge in [0.2, 0.25) is 5.88 Å². The maximum atomic E-state index is 6.37. The van der Waals surface area contributed by atoms with Crippen molar-refractivity contribution in [2.75, 3.05) is 20.3 Å². The van der Waals surface area contributed by atoms with Gasteiger partial charge >= 0.3 is 0 Å². The van der Waals surface area contributed by atoms with E-state index in [4.69, 9.17) is 9.16 Å². The third-order valence-corrected chi connectivity index (χ3v) is 10.0. The number of hydrogen-bond acceptors (Lipinski definition) is 4. The van der Waals surface area contributed by atoms with Crippen LogP contribution in [0.25, 0.3) is 0 Å². The molecule has 0 aromatic carbocycles. The van der Waals surface area contributed by atoms with Crippen LogP contribution < -0.4 is 10.1 Å². The summed E-state index contributed by atoms with van der Waals surface area (Å²) in [7, 11) is 0.201. The maximum Gasteiger partial charge on any atom is 0.246 e. The van der Waals surface area contributed by atoms with Gasteiger partial charge in [0.05, 0.1) is 28.5 Å². The molecule has 0 unspecified atom stereocenters. The third kappa shape index (κ3) is 5.17. The molecule has 0 amide bonds. The summed E-state index contributed by atoms with van der Waals surface area (Å²) in [5.74, 6) is 0.720. The fourth-order valence-corrected chi connectivity index (χ4v) is 3.75. The van der Waals surface area contributed by atoms with Crippen LogP contribution in [-0.2, 0) is 11.0 Å². The van der Waals surface area contributed by atoms with Crippen LogP contribution in [0.3, 0.4) is 0 Å². The molecule has 23 heavy (non-hydrogen) atoms. The first-order valence-electron chi connectivity index (χ1n) is 8.23. The first-order valence-corrected chi connectivity index (χ1v) is 12.2. The molecule has 0 saturated heterocycles. The summed E-state index contributed by atoms with van der Waals surface area (Å²) in [6.07, 6.45) is 0. The Morgan fingerprint density at radius 1 is 1.35 bits per heavy atom. The van der Waals surface area contributed by atoms with E-state index in [2.05, 4.69) is 78.5 Å². The van der Waals surface area contributed by atoms with Crippen molar-refractivity contribution in [2.45, 2.75) is 65.3 Å². The standard InChI is InChI=1S/C16H32IN3O2Si/c1-9-21-15-14(17)13(10-18-6)20(19-15)12(2)11-22-23(7,8)16(3,4)5/h12,18H,9-11H2,1-8H3/t12-/m0/s1. The van der Waals surface area contributed by atoms with Gasteiger partial charge in [-0.3, -0.25) is 4.68 Å². The van der Waals surface area contributed by atoms with E-state index in [0.717, 1.165) is 21.7 Å². The van der Waals surface area contributed by atoms with Crippen molar-refractivity contribution < 1.29 is 9.16 Å². The molecule has 0 aliphatic rings. The van der Waals surface area contributed by atoms with E-state index >= 15 is 0 Å². The first-order chi connectivity index (χ1) is 10.5. The molecule has 1 atom stereocenters. The predicted molar refractivity (Wildman–Crippen MR) is 107 cm³/mol. The van der Waals surface area contributed by atoms with E-state index in [9.17, 15) is 0 Å². The fourth-order valence-electron chi connectivity index (χ4n) is 1.96. The zero-order valence-electron chi connectivity index (χ0n) is 15.8. The molecule has 0 saturated carbocycles. The molecule has 1 heterocycles. The summed E-state index contributed by atoms with van der Waals surface area (Å²) >= 11 is 2.32. The molecule has 0 spiro atoms. The van der Waals surface area contributed by atoms with Crippen molar-refractivity contribution in [3.05, 3.63) is 9.26 Å². The van der Waals surface area contributed by atoms with Crippen LogP contribution in [0.5, 0.6) is 5.88 Å². The second-order valence-corrected chi connectivity index (χ2v) is 13.3. The lowest BCUT2D eigenvalue weighted by Crippen LogP contribution is -2.42. The number of nitrogens with zero attached hydrogens (tertiary/aromatic N) is 2. The minimum Gasteiger partial charge on any atom is -0.476 e. The molecule has 0 radical (unpaired) electrons. The molecule has 1 aromatic heterocycles. The molecule has 0 aliphatic carbocycles. The Morgan fingerprint density at radius 3 is 2.43 bits per heavy atom. The molecule has 1 rings (SSSR count). The number of hydrogen-bond donors (Lipinski definition) is 1. The van der Waals surface area contributed by atoms with Crippen molar-refractivity contribution in [3.8, 4) is 5.88 Å². The monoisotopic (exact) mass is 453 g/mol. The quantitative estimate of drug-likeness (QED) is 0.474. The van der Waals surface area contributed by atoms with E-state index in [1.54, 1.807) is 0 Å². The van der Waals surface area contributed by atoms with E-state index in [0.29, 0.717) is 13.2 Å². The highest BCUT2D eigenvalue weighted by Crippen LogP contribution is 2.37. The Hall–Kier alpha value is -0.123. The van der Waals surface area contributed by atoms with Crippen LogP contribution in [0.4, 0.5) is 0 Å². The lowest BCUT2D eigenvalue weighted by atomic mass is 10.2. The van der Waals surface area contributed by atoms with Crippen molar-refractivity contribution >= 4 is 30.9 Å². The van der Waals surface area contributed by atoms with Gasteiger partial charge in [-0.1, -0.05) is 20.8 Å². The molecule has 0 aliphatic heterocycles. The van der Waals surface area contributed by atoms with Crippen molar-refractivity contribution in [3.63, 3.8) is 0 Å². The first kappa shape index (κ1) is 20.9. The zero-order valence-corrected chi connectivity index (χ0v) is 18.9. The Kier molecular flexibility index (Phi) is 7.56. The minimum atomic E-state index is -1.75. The van der Waals surface area contributed by atoms with Crippen LogP contribution >= 0.6 is 22.6 Å². The van der Waals surface area contributed by atoms with Gasteiger partial charge in [-0.2, -0.15) is 0 Å². The predicted octanol–water partition coefficient (Wildman–Crippen LogP) is 4.19. The summed E-state index contributed by atoms with van der Waals surface area (Å²) < 4.78 is 15.2. The third-order valence-electron chi connectivity index (χ3n) is 4.45. The van der Waals surface area contributed by atoms with Gasteiger partial charge in [-0.15, -0.1) is 5.10 Å². The number of ether oxygens (including phenoxy) is 1. The van der Waals surface area contributed by atoms with E-state index in [1.165, 1.54) is 0 Å². The van der Waals surface area contributed by atoms with Crippen LogP contribution in [-0.4, -0.2) is 38.4 Å². The summed E-state index contributed by atoms with van der Waals surface area (Å²) in [6, 6.07) is 0.176. The van der Waals surface area contributed by atoms with Gasteiger partial charge in [0.15, 0.2) is 8.32 Å². The summed E-state index contributed by atoms with van der Waals surface area (Å²) in [5.41, 5.74) is 1.16. The summed E-state index contributed by atoms with van der Waals surface area (Å²) in [6.45, 7) is 17.6. The van der Waals surface area contributed by atoms with Crippen molar-refractivity contribution in [2.24, 2.45) is 0 Å². The molecule has 7 heteroatoms. The second-order valence-electron chi connectivity index (χ2n) is 7.39. The second kappa shape index (κ2) is 8.31. The molecular formula is C16H32IN3O2Si. The number of rotatable bonds is 8. The average molecular weight is 453 g/mol. The van der Waals surface area contributed by atoms with Gasteiger partial charge < -0.3 is 14.5 Å². The van der Waals surface area contributed by atoms with Crippen LogP contribution in [0.15, 0.2) is 0 Å².